The molecule has 1 aliphatic rings. The Bertz CT molecular complexity index is 655. The van der Waals surface area contributed by atoms with Gasteiger partial charge in [0.2, 0.25) is 0 Å². The van der Waals surface area contributed by atoms with E-state index in [1.807, 2.05) is 24.6 Å². The lowest BCUT2D eigenvalue weighted by molar-refractivity contribution is 0.237. The second kappa shape index (κ2) is 8.10. The monoisotopic (exact) mass is 345 g/mol. The van der Waals surface area contributed by atoms with Gasteiger partial charge in [-0.3, -0.25) is 0 Å². The van der Waals surface area contributed by atoms with E-state index in [-0.39, 0.29) is 12.1 Å². The number of piperidine rings is 1. The maximum atomic E-state index is 12.0. The average molecular weight is 345 g/mol. The molecule has 0 saturated carbocycles. The van der Waals surface area contributed by atoms with Crippen molar-refractivity contribution < 1.29 is 4.79 Å². The number of urea groups is 1. The lowest BCUT2D eigenvalue weighted by Crippen LogP contribution is -2.36. The number of nitrogens with one attached hydrogen (secondary N) is 2. The maximum Gasteiger partial charge on any atom is 0.315 e. The first kappa shape index (κ1) is 16.7. The van der Waals surface area contributed by atoms with Crippen molar-refractivity contribution in [3.8, 4) is 0 Å². The molecule has 0 bridgehead atoms. The summed E-state index contributed by atoms with van der Waals surface area (Å²) in [5, 5.41) is 8.62. The van der Waals surface area contributed by atoms with Gasteiger partial charge in [-0.15, -0.1) is 11.3 Å². The normalized spacial score (nSPS) is 15.8. The quantitative estimate of drug-likeness (QED) is 0.874. The molecule has 0 unspecified atom stereocenters. The predicted octanol–water partition coefficient (Wildman–Crippen LogP) is 3.09. The summed E-state index contributed by atoms with van der Waals surface area (Å²) in [7, 11) is 0. The predicted molar refractivity (Wildman–Crippen MR) is 96.2 cm³/mol. The van der Waals surface area contributed by atoms with E-state index in [1.54, 1.807) is 6.20 Å². The molecule has 1 fully saturated rings. The molecule has 0 aliphatic carbocycles. The van der Waals surface area contributed by atoms with Crippen molar-refractivity contribution >= 4 is 23.2 Å². The van der Waals surface area contributed by atoms with Gasteiger partial charge in [0.05, 0.1) is 6.04 Å². The van der Waals surface area contributed by atoms with Gasteiger partial charge in [0.25, 0.3) is 0 Å². The fourth-order valence-electron chi connectivity index (χ4n) is 2.81. The van der Waals surface area contributed by atoms with Crippen LogP contribution in [0.1, 0.15) is 42.8 Å². The minimum Gasteiger partial charge on any atom is -0.357 e. The molecule has 0 aromatic carbocycles. The number of aromatic nitrogens is 2. The summed E-state index contributed by atoms with van der Waals surface area (Å²) in [4.78, 5) is 23.0. The number of thiazole rings is 1. The second-order valence-corrected chi connectivity index (χ2v) is 6.92. The molecule has 2 amide bonds. The smallest absolute Gasteiger partial charge is 0.315 e. The van der Waals surface area contributed by atoms with Crippen molar-refractivity contribution in [3.63, 3.8) is 0 Å². The molecule has 1 atom stereocenters. The summed E-state index contributed by atoms with van der Waals surface area (Å²) < 4.78 is 0. The standard InChI is InChI=1S/C17H23N5OS/c1-13(16-19-7-10-24-16)21-17(23)20-12-14-5-6-18-15(11-14)22-8-3-2-4-9-22/h5-7,10-11,13H,2-4,8-9,12H2,1H3,(H2,20,21,23)/t13-/m0/s1. The zero-order valence-electron chi connectivity index (χ0n) is 13.9. The summed E-state index contributed by atoms with van der Waals surface area (Å²) >= 11 is 1.54. The van der Waals surface area contributed by atoms with Crippen molar-refractivity contribution in [1.29, 1.82) is 0 Å². The van der Waals surface area contributed by atoms with E-state index < -0.39 is 0 Å². The molecule has 2 aromatic heterocycles. The third kappa shape index (κ3) is 4.44. The van der Waals surface area contributed by atoms with Crippen LogP contribution in [-0.4, -0.2) is 29.1 Å². The highest BCUT2D eigenvalue weighted by Gasteiger charge is 2.13. The van der Waals surface area contributed by atoms with Gasteiger partial charge in [-0.05, 0) is 43.9 Å². The van der Waals surface area contributed by atoms with Crippen molar-refractivity contribution in [1.82, 2.24) is 20.6 Å². The van der Waals surface area contributed by atoms with Gasteiger partial charge in [0.1, 0.15) is 10.8 Å². The van der Waals surface area contributed by atoms with Crippen LogP contribution < -0.4 is 15.5 Å². The Morgan fingerprint density at radius 3 is 2.88 bits per heavy atom. The highest BCUT2D eigenvalue weighted by atomic mass is 32.1. The zero-order valence-corrected chi connectivity index (χ0v) is 14.7. The average Bonchev–Trinajstić information content (AvgIpc) is 3.16. The Balaban J connectivity index is 1.51. The van der Waals surface area contributed by atoms with Crippen molar-refractivity contribution in [2.45, 2.75) is 38.8 Å². The molecule has 6 nitrogen and oxygen atoms in total. The Morgan fingerprint density at radius 1 is 1.29 bits per heavy atom. The van der Waals surface area contributed by atoms with Crippen LogP contribution in [0.25, 0.3) is 0 Å². The van der Waals surface area contributed by atoms with Crippen LogP contribution in [0.3, 0.4) is 0 Å². The molecule has 128 valence electrons. The number of pyridine rings is 1. The SMILES string of the molecule is C[C@H](NC(=O)NCc1ccnc(N2CCCCC2)c1)c1nccs1. The maximum absolute atomic E-state index is 12.0. The number of nitrogens with zero attached hydrogens (tertiary/aromatic N) is 3. The van der Waals surface area contributed by atoms with E-state index in [2.05, 4.69) is 31.6 Å². The van der Waals surface area contributed by atoms with Gasteiger partial charge < -0.3 is 15.5 Å². The number of amides is 2. The van der Waals surface area contributed by atoms with Gasteiger partial charge in [-0.2, -0.15) is 0 Å². The Labute approximate surface area is 146 Å². The lowest BCUT2D eigenvalue weighted by Gasteiger charge is -2.27. The minimum absolute atomic E-state index is 0.0913. The molecule has 7 heteroatoms. The summed E-state index contributed by atoms with van der Waals surface area (Å²) in [5.74, 6) is 1.01. The Hall–Kier alpha value is -2.15. The number of carbonyl (C=O) groups is 1. The van der Waals surface area contributed by atoms with Crippen LogP contribution in [0.4, 0.5) is 10.6 Å². The van der Waals surface area contributed by atoms with Crippen molar-refractivity contribution in [2.24, 2.45) is 0 Å². The summed E-state index contributed by atoms with van der Waals surface area (Å²) in [6, 6.07) is 3.73. The van der Waals surface area contributed by atoms with Crippen molar-refractivity contribution in [3.05, 3.63) is 40.5 Å². The van der Waals surface area contributed by atoms with E-state index in [0.29, 0.717) is 6.54 Å². The lowest BCUT2D eigenvalue weighted by atomic mass is 10.1. The number of carbonyl (C=O) groups excluding carboxylic acids is 1. The Kier molecular flexibility index (Phi) is 5.63. The van der Waals surface area contributed by atoms with Crippen molar-refractivity contribution in [2.75, 3.05) is 18.0 Å². The van der Waals surface area contributed by atoms with E-state index in [1.165, 1.54) is 30.6 Å². The van der Waals surface area contributed by atoms with Gasteiger partial charge in [-0.25, -0.2) is 14.8 Å². The van der Waals surface area contributed by atoms with Crippen LogP contribution in [0.15, 0.2) is 29.9 Å². The topological polar surface area (TPSA) is 70.2 Å². The number of hydrogen-bond acceptors (Lipinski definition) is 5. The first-order chi connectivity index (χ1) is 11.7. The van der Waals surface area contributed by atoms with Gasteiger partial charge in [0.15, 0.2) is 0 Å². The fraction of sp³-hybridized carbons (Fsp3) is 0.471. The minimum atomic E-state index is -0.186. The number of hydrogen-bond donors (Lipinski definition) is 2. The van der Waals surface area contributed by atoms with Gasteiger partial charge in [0, 0.05) is 37.4 Å². The largest absolute Gasteiger partial charge is 0.357 e. The first-order valence-corrected chi connectivity index (χ1v) is 9.24. The van der Waals surface area contributed by atoms with Crippen LogP contribution in [0.5, 0.6) is 0 Å². The summed E-state index contributed by atoms with van der Waals surface area (Å²) in [5.41, 5.74) is 1.06. The highest BCUT2D eigenvalue weighted by Crippen LogP contribution is 2.18. The van der Waals surface area contributed by atoms with Crippen LogP contribution in [0, 0.1) is 0 Å². The molecule has 2 aromatic rings. The highest BCUT2D eigenvalue weighted by molar-refractivity contribution is 7.09. The van der Waals surface area contributed by atoms with Crippen LogP contribution >= 0.6 is 11.3 Å². The van der Waals surface area contributed by atoms with Crippen LogP contribution in [0.2, 0.25) is 0 Å². The fourth-order valence-corrected chi connectivity index (χ4v) is 3.45. The van der Waals surface area contributed by atoms with Gasteiger partial charge in [-0.1, -0.05) is 0 Å². The molecule has 24 heavy (non-hydrogen) atoms. The van der Waals surface area contributed by atoms with E-state index >= 15 is 0 Å². The summed E-state index contributed by atoms with van der Waals surface area (Å²) in [6.45, 7) is 4.55. The summed E-state index contributed by atoms with van der Waals surface area (Å²) in [6.07, 6.45) is 7.31. The van der Waals surface area contributed by atoms with E-state index in [0.717, 1.165) is 29.5 Å². The van der Waals surface area contributed by atoms with Gasteiger partial charge >= 0.3 is 6.03 Å². The number of rotatable bonds is 5. The molecule has 1 saturated heterocycles. The third-order valence-corrected chi connectivity index (χ3v) is 5.07. The van der Waals surface area contributed by atoms with E-state index in [4.69, 9.17) is 0 Å². The first-order valence-electron chi connectivity index (χ1n) is 8.36. The van der Waals surface area contributed by atoms with Crippen LogP contribution in [-0.2, 0) is 6.54 Å². The molecule has 2 N–H and O–H groups in total. The second-order valence-electron chi connectivity index (χ2n) is 5.99. The molecule has 3 rings (SSSR count). The molecule has 1 aliphatic heterocycles. The molecular formula is C17H23N5OS. The molecule has 0 radical (unpaired) electrons. The number of anilines is 1. The Morgan fingerprint density at radius 2 is 2.12 bits per heavy atom. The zero-order chi connectivity index (χ0) is 16.8. The molecular weight excluding hydrogens is 322 g/mol. The third-order valence-electron chi connectivity index (χ3n) is 4.11. The molecule has 3 heterocycles. The van der Waals surface area contributed by atoms with E-state index in [9.17, 15) is 4.79 Å². The molecule has 0 spiro atoms.